The number of nitrogens with zero attached hydrogens (tertiary/aromatic N) is 2. The molecule has 39 heavy (non-hydrogen) atoms. The van der Waals surface area contributed by atoms with Crippen LogP contribution < -0.4 is 44.7 Å². The summed E-state index contributed by atoms with van der Waals surface area (Å²) in [6.07, 6.45) is 0. The first-order chi connectivity index (χ1) is 18.0. The van der Waals surface area contributed by atoms with Crippen molar-refractivity contribution in [2.75, 3.05) is 11.9 Å². The van der Waals surface area contributed by atoms with Gasteiger partial charge in [0.25, 0.3) is 16.0 Å². The maximum atomic E-state index is 13.5. The smallest absolute Gasteiger partial charge is 0.870 e. The van der Waals surface area contributed by atoms with Crippen molar-refractivity contribution in [3.8, 4) is 11.5 Å². The van der Waals surface area contributed by atoms with E-state index in [-0.39, 0.29) is 62.2 Å². The quantitative estimate of drug-likeness (QED) is 0.189. The molecule has 0 saturated heterocycles. The van der Waals surface area contributed by atoms with Crippen LogP contribution in [0.2, 0.25) is 10.0 Å². The van der Waals surface area contributed by atoms with E-state index in [1.165, 1.54) is 12.1 Å². The number of anilines is 1. The average Bonchev–Trinajstić information content (AvgIpc) is 2.87. The van der Waals surface area contributed by atoms with Gasteiger partial charge in [-0.3, -0.25) is 9.35 Å². The third-order valence-corrected chi connectivity index (χ3v) is 7.28. The molecule has 0 aliphatic carbocycles. The normalized spacial score (nSPS) is 11.4. The standard InChI is InChI=1S/C26H21Cl2N3O6S.Na/c1-3-37-19-10-6-9-18(22(19)28)29-26(33)17-13-15-7-4-5-8-16(15)23(25(17)32)30-31-24-20(38(34,35)36)12-11-14(2)21(24)27;/h4-13,32H,3H2,1-2H3,(H,29,33)(H,34,35,36);/q;+1/p-1. The van der Waals surface area contributed by atoms with Crippen LogP contribution in [0.3, 0.4) is 0 Å². The van der Waals surface area contributed by atoms with E-state index in [0.29, 0.717) is 28.7 Å². The number of halogens is 2. The van der Waals surface area contributed by atoms with Crippen molar-refractivity contribution in [2.45, 2.75) is 18.7 Å². The molecule has 0 saturated carbocycles. The summed E-state index contributed by atoms with van der Waals surface area (Å²) in [6, 6.07) is 15.5. The van der Waals surface area contributed by atoms with Gasteiger partial charge >= 0.3 is 29.6 Å². The summed E-state index contributed by atoms with van der Waals surface area (Å²) in [5.41, 5.74) is -0.101. The van der Waals surface area contributed by atoms with Crippen molar-refractivity contribution in [1.29, 1.82) is 0 Å². The zero-order valence-corrected chi connectivity index (χ0v) is 25.4. The van der Waals surface area contributed by atoms with Crippen LogP contribution in [0.4, 0.5) is 17.1 Å². The minimum Gasteiger partial charge on any atom is -0.870 e. The van der Waals surface area contributed by atoms with Crippen LogP contribution >= 0.6 is 23.2 Å². The summed E-state index contributed by atoms with van der Waals surface area (Å²) < 4.78 is 38.8. The molecule has 9 nitrogen and oxygen atoms in total. The molecule has 0 unspecified atom stereocenters. The van der Waals surface area contributed by atoms with Crippen molar-refractivity contribution in [2.24, 2.45) is 10.2 Å². The van der Waals surface area contributed by atoms with Crippen LogP contribution in [0.25, 0.3) is 10.8 Å². The van der Waals surface area contributed by atoms with Crippen LogP contribution in [0.5, 0.6) is 11.5 Å². The predicted molar refractivity (Wildman–Crippen MR) is 144 cm³/mol. The summed E-state index contributed by atoms with van der Waals surface area (Å²) in [6.45, 7) is 3.77. The number of amides is 1. The molecule has 1 amide bonds. The van der Waals surface area contributed by atoms with Gasteiger partial charge in [0.1, 0.15) is 21.4 Å². The fraction of sp³-hybridized carbons (Fsp3) is 0.115. The molecule has 0 radical (unpaired) electrons. The van der Waals surface area contributed by atoms with E-state index in [4.69, 9.17) is 27.9 Å². The summed E-state index contributed by atoms with van der Waals surface area (Å²) >= 11 is 12.6. The molecule has 0 aromatic heterocycles. The van der Waals surface area contributed by atoms with E-state index in [0.717, 1.165) is 6.07 Å². The van der Waals surface area contributed by atoms with Crippen molar-refractivity contribution in [3.05, 3.63) is 81.8 Å². The molecule has 0 atom stereocenters. The van der Waals surface area contributed by atoms with Crippen molar-refractivity contribution in [1.82, 2.24) is 0 Å². The maximum Gasteiger partial charge on any atom is 1.00 e. The fourth-order valence-electron chi connectivity index (χ4n) is 3.69. The Labute approximate surface area is 256 Å². The van der Waals surface area contributed by atoms with Gasteiger partial charge in [-0.25, -0.2) is 0 Å². The Morgan fingerprint density at radius 1 is 1.03 bits per heavy atom. The van der Waals surface area contributed by atoms with Gasteiger partial charge in [-0.1, -0.05) is 65.3 Å². The molecular formula is C26H20Cl2N3NaO6S. The molecule has 0 bridgehead atoms. The molecule has 196 valence electrons. The second-order valence-electron chi connectivity index (χ2n) is 8.05. The van der Waals surface area contributed by atoms with Crippen molar-refractivity contribution < 1.29 is 57.2 Å². The van der Waals surface area contributed by atoms with Crippen LogP contribution in [0, 0.1) is 6.92 Å². The summed E-state index contributed by atoms with van der Waals surface area (Å²) in [4.78, 5) is 12.6. The number of benzene rings is 4. The first-order valence-corrected chi connectivity index (χ1v) is 13.4. The Morgan fingerprint density at radius 3 is 2.41 bits per heavy atom. The third-order valence-electron chi connectivity index (χ3n) is 5.53. The topological polar surface area (TPSA) is 140 Å². The molecule has 0 heterocycles. The molecule has 4 aromatic rings. The van der Waals surface area contributed by atoms with E-state index in [1.54, 1.807) is 56.3 Å². The Hall–Kier alpha value is -2.70. The van der Waals surface area contributed by atoms with E-state index in [9.17, 15) is 22.9 Å². The predicted octanol–water partition coefficient (Wildman–Crippen LogP) is 3.85. The molecule has 4 rings (SSSR count). The number of nitrogens with one attached hydrogen (secondary N) is 1. The number of rotatable bonds is 7. The van der Waals surface area contributed by atoms with Gasteiger partial charge in [0.05, 0.1) is 23.0 Å². The number of aryl methyl sites for hydroxylation is 1. The van der Waals surface area contributed by atoms with Crippen LogP contribution in [0.1, 0.15) is 22.8 Å². The fourth-order valence-corrected chi connectivity index (χ4v) is 4.80. The molecule has 13 heteroatoms. The molecule has 0 fully saturated rings. The number of hydrogen-bond donors (Lipinski definition) is 2. The molecule has 0 spiro atoms. The van der Waals surface area contributed by atoms with E-state index < -0.39 is 26.7 Å². The molecule has 2 N–H and O–H groups in total. The molecule has 4 aromatic carbocycles. The zero-order chi connectivity index (χ0) is 27.6. The average molecular weight is 596 g/mol. The van der Waals surface area contributed by atoms with Crippen molar-refractivity contribution >= 4 is 67.1 Å². The van der Waals surface area contributed by atoms with Crippen LogP contribution in [-0.4, -0.2) is 25.5 Å². The number of fused-ring (bicyclic) bond motifs is 1. The summed E-state index contributed by atoms with van der Waals surface area (Å²) in [5, 5.41) is 25.0. The Bertz CT molecular complexity index is 1710. The monoisotopic (exact) mass is 595 g/mol. The van der Waals surface area contributed by atoms with Crippen LogP contribution in [-0.2, 0) is 10.1 Å². The Morgan fingerprint density at radius 2 is 1.72 bits per heavy atom. The maximum absolute atomic E-state index is 13.5. The van der Waals surface area contributed by atoms with Crippen LogP contribution in [0.15, 0.2) is 75.8 Å². The minimum atomic E-state index is -4.70. The SMILES string of the molecule is CCOc1cccc(NC(=O)c2cc3ccccc3c(N=Nc3c(S(=O)(=O)O)ccc(C)c3Cl)c2[O-])c1Cl.[Na+]. The number of hydrogen-bond acceptors (Lipinski definition) is 7. The number of azo groups is 1. The molecule has 0 aliphatic heterocycles. The van der Waals surface area contributed by atoms with Gasteiger partial charge in [-0.2, -0.15) is 13.5 Å². The minimum absolute atomic E-state index is 0. The second-order valence-corrected chi connectivity index (χ2v) is 10.2. The first-order valence-electron chi connectivity index (χ1n) is 11.2. The van der Waals surface area contributed by atoms with Gasteiger partial charge in [0.15, 0.2) is 0 Å². The van der Waals surface area contributed by atoms with Gasteiger partial charge in [0, 0.05) is 10.9 Å². The largest absolute Gasteiger partial charge is 1.00 e. The second kappa shape index (κ2) is 12.6. The Balaban J connectivity index is 0.00000420. The summed E-state index contributed by atoms with van der Waals surface area (Å²) in [7, 11) is -4.70. The zero-order valence-electron chi connectivity index (χ0n) is 21.0. The van der Waals surface area contributed by atoms with Gasteiger partial charge in [-0.05, 0) is 49.1 Å². The van der Waals surface area contributed by atoms with Gasteiger partial charge in [0.2, 0.25) is 0 Å². The van der Waals surface area contributed by atoms with Gasteiger partial charge in [-0.15, -0.1) is 5.11 Å². The summed E-state index contributed by atoms with van der Waals surface area (Å²) in [5.74, 6) is -1.15. The van der Waals surface area contributed by atoms with E-state index in [1.807, 2.05) is 0 Å². The number of carbonyl (C=O) groups excluding carboxylic acids is 1. The van der Waals surface area contributed by atoms with Crippen molar-refractivity contribution in [3.63, 3.8) is 0 Å². The number of ether oxygens (including phenoxy) is 1. The van der Waals surface area contributed by atoms with E-state index in [2.05, 4.69) is 15.5 Å². The third kappa shape index (κ3) is 6.55. The molecular weight excluding hydrogens is 576 g/mol. The Kier molecular flexibility index (Phi) is 10.0. The van der Waals surface area contributed by atoms with E-state index >= 15 is 0 Å². The van der Waals surface area contributed by atoms with Gasteiger partial charge < -0.3 is 15.2 Å². The molecule has 0 aliphatic rings. The first kappa shape index (κ1) is 30.8. The number of carbonyl (C=O) groups is 1.